The summed E-state index contributed by atoms with van der Waals surface area (Å²) in [5, 5.41) is 22.8. The molecule has 2 aliphatic rings. The third kappa shape index (κ3) is 5.91. The second-order valence-electron chi connectivity index (χ2n) is 10.5. The van der Waals surface area contributed by atoms with Crippen molar-refractivity contribution in [1.82, 2.24) is 19.9 Å². The quantitative estimate of drug-likeness (QED) is 0.364. The molecule has 0 saturated carbocycles. The molecule has 2 aliphatic heterocycles. The topological polar surface area (TPSA) is 134 Å². The number of aromatic nitrogens is 4. The molecule has 5 rings (SSSR count). The fraction of sp³-hybridized carbons (Fsp3) is 0.235. The molecule has 0 N–H and O–H groups in total. The summed E-state index contributed by atoms with van der Waals surface area (Å²) >= 11 is 0. The smallest absolute Gasteiger partial charge is 0.657 e. The molecule has 0 aliphatic carbocycles. The van der Waals surface area contributed by atoms with Crippen molar-refractivity contribution in [2.45, 2.75) is 53.4 Å². The van der Waals surface area contributed by atoms with Gasteiger partial charge in [0.15, 0.2) is 0 Å². The standard InChI is InChI=1S/C34H34N4O4.Co/c1-7-21-17(3)25-13-26-19(5)23(9-11-33(39)40)31(37-26)16-32-24(10-12-34(41)42)20(6)28(38-32)15-30-22(8-2)18(4)27(36-30)14-29(21)35-25;/h7-8,13-16H,1-2,9-12H2,3-6H3,(H4,35,36,37,38,39,40,41,42);/q;+2/p-2. The van der Waals surface area contributed by atoms with Crippen LogP contribution >= 0.6 is 0 Å². The van der Waals surface area contributed by atoms with Crippen molar-refractivity contribution in [1.29, 1.82) is 0 Å². The Morgan fingerprint density at radius 3 is 1.93 bits per heavy atom. The van der Waals surface area contributed by atoms with Crippen LogP contribution in [0.3, 0.4) is 0 Å². The number of aryl methyl sites for hydroxylation is 3. The Morgan fingerprint density at radius 1 is 0.744 bits per heavy atom. The van der Waals surface area contributed by atoms with Gasteiger partial charge in [0.1, 0.15) is 0 Å². The van der Waals surface area contributed by atoms with Gasteiger partial charge in [-0.25, -0.2) is 9.97 Å². The molecule has 0 atom stereocenters. The molecule has 0 fully saturated rings. The second kappa shape index (κ2) is 12.4. The Labute approximate surface area is 263 Å². The number of hydrogen-bond donors (Lipinski definition) is 0. The first-order valence-electron chi connectivity index (χ1n) is 13.7. The maximum atomic E-state index is 11.4. The average molecular weight is 620 g/mol. The van der Waals surface area contributed by atoms with Gasteiger partial charge < -0.3 is 29.8 Å². The Morgan fingerprint density at radius 2 is 1.28 bits per heavy atom. The van der Waals surface area contributed by atoms with E-state index < -0.39 is 11.9 Å². The van der Waals surface area contributed by atoms with Crippen LogP contribution in [0.25, 0.3) is 50.4 Å². The van der Waals surface area contributed by atoms with Gasteiger partial charge in [-0.05, 0) is 75.7 Å². The molecular formula is C34H32CoN4O4. The predicted octanol–water partition coefficient (Wildman–Crippen LogP) is 4.32. The molecule has 8 nitrogen and oxygen atoms in total. The van der Waals surface area contributed by atoms with Crippen molar-refractivity contribution >= 4 is 62.4 Å². The van der Waals surface area contributed by atoms with Gasteiger partial charge in [-0.2, -0.15) is 0 Å². The van der Waals surface area contributed by atoms with E-state index >= 15 is 0 Å². The molecule has 5 heterocycles. The van der Waals surface area contributed by atoms with E-state index in [9.17, 15) is 19.8 Å². The summed E-state index contributed by atoms with van der Waals surface area (Å²) in [6.45, 7) is 15.8. The van der Waals surface area contributed by atoms with E-state index in [0.29, 0.717) is 28.1 Å². The number of fused-ring (bicyclic) bond motifs is 8. The zero-order valence-corrected chi connectivity index (χ0v) is 25.5. The van der Waals surface area contributed by atoms with Crippen LogP contribution in [0.2, 0.25) is 0 Å². The van der Waals surface area contributed by atoms with Gasteiger partial charge in [0, 0.05) is 17.5 Å². The van der Waals surface area contributed by atoms with Gasteiger partial charge in [0.05, 0.1) is 22.8 Å². The summed E-state index contributed by atoms with van der Waals surface area (Å²) < 4.78 is 0. The van der Waals surface area contributed by atoms with E-state index in [2.05, 4.69) is 13.2 Å². The maximum Gasteiger partial charge on any atom is 2.00 e. The first kappa shape index (κ1) is 31.5. The van der Waals surface area contributed by atoms with Crippen molar-refractivity contribution in [3.63, 3.8) is 0 Å². The maximum absolute atomic E-state index is 11.4. The van der Waals surface area contributed by atoms with Gasteiger partial charge >= 0.3 is 19.6 Å². The van der Waals surface area contributed by atoms with E-state index in [1.54, 1.807) is 18.2 Å². The van der Waals surface area contributed by atoms with Crippen LogP contribution in [0.15, 0.2) is 43.5 Å². The summed E-state index contributed by atoms with van der Waals surface area (Å²) in [6, 6.07) is 7.52. The first-order chi connectivity index (χ1) is 20.0. The van der Waals surface area contributed by atoms with Crippen LogP contribution < -0.4 is 20.2 Å². The molecule has 0 unspecified atom stereocenters. The summed E-state index contributed by atoms with van der Waals surface area (Å²) in [4.78, 5) is 42.4. The normalized spacial score (nSPS) is 12.7. The molecule has 43 heavy (non-hydrogen) atoms. The number of carboxylic acid groups (broad SMARTS) is 2. The van der Waals surface area contributed by atoms with Crippen molar-refractivity contribution in [3.8, 4) is 0 Å². The Balaban J connectivity index is 0.00000235. The van der Waals surface area contributed by atoms with E-state index in [-0.39, 0.29) is 45.3 Å². The van der Waals surface area contributed by atoms with E-state index in [0.717, 1.165) is 61.3 Å². The minimum absolute atomic E-state index is 0. The van der Waals surface area contributed by atoms with E-state index in [1.165, 1.54) is 0 Å². The van der Waals surface area contributed by atoms with E-state index in [1.807, 2.05) is 45.9 Å². The van der Waals surface area contributed by atoms with Crippen LogP contribution in [0.1, 0.15) is 81.0 Å². The van der Waals surface area contributed by atoms with Crippen LogP contribution in [0, 0.1) is 13.8 Å². The van der Waals surface area contributed by atoms with Crippen molar-refractivity contribution in [2.75, 3.05) is 0 Å². The average Bonchev–Trinajstić information content (AvgIpc) is 3.59. The largest absolute Gasteiger partial charge is 2.00 e. The minimum atomic E-state index is -1.16. The molecule has 3 aromatic rings. The first-order valence-corrected chi connectivity index (χ1v) is 13.7. The number of aliphatic carboxylic acids is 2. The van der Waals surface area contributed by atoms with Crippen LogP contribution in [-0.2, 0) is 32.8 Å². The number of carbonyl (C=O) groups excluding carboxylic acids is 2. The van der Waals surface area contributed by atoms with Gasteiger partial charge in [0.2, 0.25) is 0 Å². The molecule has 0 aromatic carbocycles. The van der Waals surface area contributed by atoms with Gasteiger partial charge in [-0.3, -0.25) is 0 Å². The molecule has 3 aromatic heterocycles. The molecule has 8 bridgehead atoms. The van der Waals surface area contributed by atoms with Gasteiger partial charge in [-0.15, -0.1) is 22.1 Å². The summed E-state index contributed by atoms with van der Waals surface area (Å²) in [7, 11) is 0. The fourth-order valence-corrected chi connectivity index (χ4v) is 5.60. The van der Waals surface area contributed by atoms with Crippen molar-refractivity contribution in [3.05, 3.63) is 88.5 Å². The summed E-state index contributed by atoms with van der Waals surface area (Å²) in [5.41, 5.74) is 12.2. The van der Waals surface area contributed by atoms with Crippen LogP contribution in [0.4, 0.5) is 0 Å². The van der Waals surface area contributed by atoms with Gasteiger partial charge in [-0.1, -0.05) is 66.3 Å². The monoisotopic (exact) mass is 619 g/mol. The molecule has 221 valence electrons. The van der Waals surface area contributed by atoms with Crippen LogP contribution in [-0.4, -0.2) is 21.9 Å². The molecule has 0 saturated heterocycles. The Bertz CT molecular complexity index is 1940. The Kier molecular flexibility index (Phi) is 9.08. The predicted molar refractivity (Wildman–Crippen MR) is 163 cm³/mol. The number of carbonyl (C=O) groups is 2. The molecule has 1 radical (unpaired) electrons. The van der Waals surface area contributed by atoms with E-state index in [4.69, 9.17) is 19.9 Å². The van der Waals surface area contributed by atoms with Crippen molar-refractivity contribution in [2.24, 2.45) is 0 Å². The SMILES string of the molecule is C=CC1=C(C)c2cc3[n-]c(cc4nc(cc5[n-]c(cc1n2)c(C)c5CCC(=O)[O-])C(CCC(=O)[O-])=C4C)c(C)c3C=C.[Co+2].[H+].[H+]. The Hall–Kier alpha value is -4.47. The zero-order valence-electron chi connectivity index (χ0n) is 26.5. The molecule has 0 spiro atoms. The third-order valence-corrected chi connectivity index (χ3v) is 8.04. The van der Waals surface area contributed by atoms with Gasteiger partial charge in [0.25, 0.3) is 0 Å². The molecule has 0 amide bonds. The number of carboxylic acids is 2. The fourth-order valence-electron chi connectivity index (χ4n) is 5.60. The molecule has 9 heteroatoms. The summed E-state index contributed by atoms with van der Waals surface area (Å²) in [6.07, 6.45) is 3.65. The number of hydrogen-bond acceptors (Lipinski definition) is 6. The summed E-state index contributed by atoms with van der Waals surface area (Å²) in [5.74, 6) is -2.31. The molecular weight excluding hydrogens is 587 g/mol. The zero-order chi connectivity index (χ0) is 30.3. The number of allylic oxidation sites excluding steroid dienone is 5. The minimum Gasteiger partial charge on any atom is -0.657 e. The van der Waals surface area contributed by atoms with Crippen LogP contribution in [0.5, 0.6) is 0 Å². The number of rotatable bonds is 8. The third-order valence-electron chi connectivity index (χ3n) is 8.04. The second-order valence-corrected chi connectivity index (χ2v) is 10.5. The van der Waals surface area contributed by atoms with Crippen molar-refractivity contribution < 1.29 is 39.4 Å². The number of nitrogens with zero attached hydrogens (tertiary/aromatic N) is 4.